The number of amides is 1. The first-order valence-electron chi connectivity index (χ1n) is 31.5. The number of carbonyl (C=O) groups is 1. The molecule has 6 N–H and O–H groups in total. The molecule has 1 aliphatic rings. The summed E-state index contributed by atoms with van der Waals surface area (Å²) in [7, 11) is 0. The number of carbonyl (C=O) groups excluding carboxylic acids is 1. The van der Waals surface area contributed by atoms with E-state index in [1.54, 1.807) is 6.08 Å². The lowest BCUT2D eigenvalue weighted by Gasteiger charge is -2.40. The number of nitrogens with one attached hydrogen (secondary N) is 1. The second kappa shape index (κ2) is 55.4. The summed E-state index contributed by atoms with van der Waals surface area (Å²) in [5, 5.41) is 54.6. The van der Waals surface area contributed by atoms with Crippen LogP contribution in [0.15, 0.2) is 97.2 Å². The van der Waals surface area contributed by atoms with Gasteiger partial charge in [0.05, 0.1) is 25.4 Å². The van der Waals surface area contributed by atoms with Gasteiger partial charge in [-0.3, -0.25) is 4.79 Å². The molecular weight excluding hydrogens is 947 g/mol. The molecule has 76 heavy (non-hydrogen) atoms. The fourth-order valence-corrected chi connectivity index (χ4v) is 9.47. The number of hydrogen-bond donors (Lipinski definition) is 6. The van der Waals surface area contributed by atoms with E-state index in [1.807, 2.05) is 6.08 Å². The Kier molecular flexibility index (Phi) is 51.9. The van der Waals surface area contributed by atoms with Crippen molar-refractivity contribution >= 4 is 5.91 Å². The Morgan fingerprint density at radius 2 is 0.829 bits per heavy atom. The molecule has 9 nitrogen and oxygen atoms in total. The van der Waals surface area contributed by atoms with Crippen molar-refractivity contribution < 1.29 is 39.8 Å². The number of aliphatic hydroxyl groups excluding tert-OH is 5. The van der Waals surface area contributed by atoms with Crippen molar-refractivity contribution in [2.45, 2.75) is 307 Å². The van der Waals surface area contributed by atoms with Crippen LogP contribution in [0.5, 0.6) is 0 Å². The van der Waals surface area contributed by atoms with Crippen molar-refractivity contribution in [1.29, 1.82) is 0 Å². The Hall–Kier alpha value is -2.89. The number of unbranched alkanes of at least 4 members (excludes halogenated alkanes) is 29. The summed E-state index contributed by atoms with van der Waals surface area (Å²) in [4.78, 5) is 13.1. The number of ether oxygens (including phenoxy) is 2. The number of hydrogen-bond acceptors (Lipinski definition) is 8. The molecule has 1 fully saturated rings. The SMILES string of the molecule is CC/C=C\C/C=C\C/C=C\C/C=C\C/C=C\C/C=C\CCCCCCCCCCCCCCCCCCC(=O)NC(COC1OC(CO)C(O)C(O)C1O)C(O)/C=C/CC/C=C/CCCCCCCCCCCCCC. The molecule has 0 spiro atoms. The average Bonchev–Trinajstić information content (AvgIpc) is 3.42. The topological polar surface area (TPSA) is 149 Å². The minimum absolute atomic E-state index is 0.188. The van der Waals surface area contributed by atoms with Crippen LogP contribution in [0.25, 0.3) is 0 Å². The molecular formula is C67H117NO8. The molecule has 1 amide bonds. The van der Waals surface area contributed by atoms with Crippen molar-refractivity contribution in [3.63, 3.8) is 0 Å². The minimum Gasteiger partial charge on any atom is -0.394 e. The van der Waals surface area contributed by atoms with Gasteiger partial charge >= 0.3 is 0 Å². The Bertz CT molecular complexity index is 1510. The lowest BCUT2D eigenvalue weighted by atomic mass is 9.99. The van der Waals surface area contributed by atoms with Gasteiger partial charge in [-0.2, -0.15) is 0 Å². The van der Waals surface area contributed by atoms with Crippen LogP contribution in [-0.2, 0) is 14.3 Å². The molecule has 0 radical (unpaired) electrons. The lowest BCUT2D eigenvalue weighted by molar-refractivity contribution is -0.302. The first-order chi connectivity index (χ1) is 37.3. The third-order valence-corrected chi connectivity index (χ3v) is 14.4. The molecule has 1 heterocycles. The van der Waals surface area contributed by atoms with E-state index in [4.69, 9.17) is 9.47 Å². The summed E-state index contributed by atoms with van der Waals surface area (Å²) in [5.41, 5.74) is 0. The zero-order chi connectivity index (χ0) is 55.0. The molecule has 7 atom stereocenters. The van der Waals surface area contributed by atoms with E-state index in [1.165, 1.54) is 167 Å². The maximum absolute atomic E-state index is 13.1. The number of allylic oxidation sites excluding steroid dienone is 15. The first-order valence-corrected chi connectivity index (χ1v) is 31.5. The quantitative estimate of drug-likeness (QED) is 0.0261. The van der Waals surface area contributed by atoms with E-state index >= 15 is 0 Å². The van der Waals surface area contributed by atoms with Crippen LogP contribution in [-0.4, -0.2) is 87.5 Å². The molecule has 7 unspecified atom stereocenters. The van der Waals surface area contributed by atoms with Crippen molar-refractivity contribution in [2.75, 3.05) is 13.2 Å². The van der Waals surface area contributed by atoms with Crippen molar-refractivity contribution in [3.8, 4) is 0 Å². The second-order valence-corrected chi connectivity index (χ2v) is 21.5. The molecule has 1 aliphatic heterocycles. The molecule has 1 rings (SSSR count). The largest absolute Gasteiger partial charge is 0.394 e. The summed E-state index contributed by atoms with van der Waals surface area (Å²) in [6, 6.07) is -0.826. The predicted octanol–water partition coefficient (Wildman–Crippen LogP) is 16.4. The van der Waals surface area contributed by atoms with Gasteiger partial charge < -0.3 is 40.3 Å². The number of aliphatic hydroxyl groups is 5. The Morgan fingerprint density at radius 1 is 0.461 bits per heavy atom. The Balaban J connectivity index is 2.15. The van der Waals surface area contributed by atoms with Gasteiger partial charge in [0, 0.05) is 6.42 Å². The smallest absolute Gasteiger partial charge is 0.220 e. The summed E-state index contributed by atoms with van der Waals surface area (Å²) in [6.45, 7) is 3.66. The molecule has 0 aliphatic carbocycles. The van der Waals surface area contributed by atoms with Gasteiger partial charge in [-0.1, -0.05) is 272 Å². The highest BCUT2D eigenvalue weighted by Crippen LogP contribution is 2.23. The normalized spacial score (nSPS) is 19.5. The predicted molar refractivity (Wildman–Crippen MR) is 322 cm³/mol. The maximum atomic E-state index is 13.1. The molecule has 0 aromatic rings. The minimum atomic E-state index is -1.58. The molecule has 438 valence electrons. The van der Waals surface area contributed by atoms with Crippen molar-refractivity contribution in [3.05, 3.63) is 97.2 Å². The van der Waals surface area contributed by atoms with Gasteiger partial charge in [0.2, 0.25) is 5.91 Å². The summed E-state index contributed by atoms with van der Waals surface area (Å²) in [5.74, 6) is -0.188. The van der Waals surface area contributed by atoms with Crippen molar-refractivity contribution in [1.82, 2.24) is 5.32 Å². The maximum Gasteiger partial charge on any atom is 0.220 e. The molecule has 0 bridgehead atoms. The third kappa shape index (κ3) is 44.0. The van der Waals surface area contributed by atoms with E-state index in [2.05, 4.69) is 104 Å². The van der Waals surface area contributed by atoms with Crippen molar-refractivity contribution in [2.24, 2.45) is 0 Å². The van der Waals surface area contributed by atoms with Gasteiger partial charge in [-0.05, 0) is 83.5 Å². The monoisotopic (exact) mass is 1060 g/mol. The fourth-order valence-electron chi connectivity index (χ4n) is 9.47. The molecule has 0 saturated carbocycles. The lowest BCUT2D eigenvalue weighted by Crippen LogP contribution is -2.60. The summed E-state index contributed by atoms with van der Waals surface area (Å²) < 4.78 is 11.3. The summed E-state index contributed by atoms with van der Waals surface area (Å²) >= 11 is 0. The molecule has 9 heteroatoms. The van der Waals surface area contributed by atoms with Crippen LogP contribution in [0.1, 0.15) is 264 Å². The van der Waals surface area contributed by atoms with Crippen LogP contribution < -0.4 is 5.32 Å². The van der Waals surface area contributed by atoms with Crippen LogP contribution in [0.4, 0.5) is 0 Å². The molecule has 0 aromatic heterocycles. The van der Waals surface area contributed by atoms with Crippen LogP contribution in [0, 0.1) is 0 Å². The van der Waals surface area contributed by atoms with Gasteiger partial charge in [0.15, 0.2) is 6.29 Å². The van der Waals surface area contributed by atoms with Gasteiger partial charge in [-0.15, -0.1) is 0 Å². The third-order valence-electron chi connectivity index (χ3n) is 14.4. The van der Waals surface area contributed by atoms with E-state index in [0.717, 1.165) is 77.0 Å². The zero-order valence-corrected chi connectivity index (χ0v) is 48.7. The van der Waals surface area contributed by atoms with E-state index < -0.39 is 49.5 Å². The highest BCUT2D eigenvalue weighted by Gasteiger charge is 2.44. The van der Waals surface area contributed by atoms with E-state index in [0.29, 0.717) is 6.42 Å². The number of rotatable bonds is 53. The van der Waals surface area contributed by atoms with Gasteiger partial charge in [-0.25, -0.2) is 0 Å². The average molecular weight is 1060 g/mol. The highest BCUT2D eigenvalue weighted by atomic mass is 16.7. The summed E-state index contributed by atoms with van der Waals surface area (Å²) in [6.07, 6.45) is 73.4. The molecule has 1 saturated heterocycles. The van der Waals surface area contributed by atoms with Gasteiger partial charge in [0.1, 0.15) is 24.4 Å². The van der Waals surface area contributed by atoms with E-state index in [-0.39, 0.29) is 12.5 Å². The fraction of sp³-hybridized carbons (Fsp3) is 0.746. The van der Waals surface area contributed by atoms with E-state index in [9.17, 15) is 30.3 Å². The Labute approximate surface area is 466 Å². The first kappa shape index (κ1) is 71.1. The zero-order valence-electron chi connectivity index (χ0n) is 48.7. The second-order valence-electron chi connectivity index (χ2n) is 21.5. The van der Waals surface area contributed by atoms with Crippen LogP contribution in [0.3, 0.4) is 0 Å². The van der Waals surface area contributed by atoms with Gasteiger partial charge in [0.25, 0.3) is 0 Å². The van der Waals surface area contributed by atoms with Crippen LogP contribution >= 0.6 is 0 Å². The highest BCUT2D eigenvalue weighted by molar-refractivity contribution is 5.76. The standard InChI is InChI=1S/C67H117NO8/c1-3-5-7-9-11-13-15-17-19-21-23-24-25-26-27-28-29-30-31-32-33-34-35-36-37-38-39-41-43-45-47-49-51-53-55-57-63(71)68-60(59-75-67-66(74)65(73)64(72)62(58-69)76-67)61(70)56-54-52-50-48-46-44-42-40-22-20-18-16-14-12-10-8-6-4-2/h5,7,11,13,17,19,23-24,26-27,29-30,46,48,54,56,60-62,64-67,69-70,72-74H,3-4,6,8-10,12,14-16,18,20-22,25,28,31-45,47,49-53,55,57-59H2,1-2H3,(H,68,71)/b7-5-,13-11-,19-17-,24-23-,27-26-,30-29-,48-46+,56-54+. The Morgan fingerprint density at radius 3 is 1.26 bits per heavy atom. The van der Waals surface area contributed by atoms with Crippen LogP contribution in [0.2, 0.25) is 0 Å². The molecule has 0 aromatic carbocycles.